The van der Waals surface area contributed by atoms with E-state index in [4.69, 9.17) is 21.3 Å². The molecule has 1 N–H and O–H groups in total. The largest absolute Gasteiger partial charge is 0.444 e. The lowest BCUT2D eigenvalue weighted by Gasteiger charge is -2.33. The summed E-state index contributed by atoms with van der Waals surface area (Å²) >= 11 is 6.50. The molecule has 1 aromatic carbocycles. The number of benzene rings is 1. The third-order valence-corrected chi connectivity index (χ3v) is 6.36. The Balaban J connectivity index is 1.39. The molecule has 6 nitrogen and oxygen atoms in total. The zero-order valence-electron chi connectivity index (χ0n) is 20.9. The molecule has 8 heteroatoms. The van der Waals surface area contributed by atoms with Crippen LogP contribution >= 0.6 is 11.6 Å². The van der Waals surface area contributed by atoms with Crippen LogP contribution in [0.25, 0.3) is 11.3 Å². The van der Waals surface area contributed by atoms with Gasteiger partial charge in [-0.05, 0) is 81.8 Å². The number of hydrogen-bond donors (Lipinski definition) is 1. The Morgan fingerprint density at radius 1 is 1.17 bits per heavy atom. The highest BCUT2D eigenvalue weighted by molar-refractivity contribution is 6.33. The minimum Gasteiger partial charge on any atom is -0.444 e. The lowest BCUT2D eigenvalue weighted by Crippen LogP contribution is -2.42. The van der Waals surface area contributed by atoms with E-state index < -0.39 is 5.60 Å². The summed E-state index contributed by atoms with van der Waals surface area (Å²) in [5, 5.41) is 3.78. The zero-order valence-corrected chi connectivity index (χ0v) is 21.7. The summed E-state index contributed by atoms with van der Waals surface area (Å²) < 4.78 is 19.0. The average molecular weight is 511 g/mol. The Labute approximate surface area is 216 Å². The molecule has 1 aliphatic rings. The summed E-state index contributed by atoms with van der Waals surface area (Å²) in [5.74, 6) is 0.848. The Bertz CT molecular complexity index is 1210. The highest BCUT2D eigenvalue weighted by atomic mass is 35.5. The second-order valence-electron chi connectivity index (χ2n) is 10.2. The molecular weight excluding hydrogens is 479 g/mol. The minimum atomic E-state index is -0.488. The van der Waals surface area contributed by atoms with Gasteiger partial charge in [-0.3, -0.25) is 4.98 Å². The van der Waals surface area contributed by atoms with Gasteiger partial charge in [-0.2, -0.15) is 0 Å². The van der Waals surface area contributed by atoms with Gasteiger partial charge in [0, 0.05) is 37.1 Å². The molecule has 1 amide bonds. The number of carbonyl (C=O) groups excluding carboxylic acids is 1. The molecular formula is C28H32ClFN4O2. The van der Waals surface area contributed by atoms with Crippen molar-refractivity contribution in [3.8, 4) is 11.3 Å². The number of ether oxygens (including phenoxy) is 1. The topological polar surface area (TPSA) is 67.3 Å². The fraction of sp³-hybridized carbons (Fsp3) is 0.393. The van der Waals surface area contributed by atoms with E-state index in [1.165, 1.54) is 12.1 Å². The van der Waals surface area contributed by atoms with Crippen molar-refractivity contribution in [2.75, 3.05) is 18.4 Å². The lowest BCUT2D eigenvalue weighted by atomic mass is 9.91. The fourth-order valence-electron chi connectivity index (χ4n) is 4.25. The maximum absolute atomic E-state index is 13.5. The number of pyridine rings is 2. The predicted octanol–water partition coefficient (Wildman–Crippen LogP) is 6.74. The van der Waals surface area contributed by atoms with Gasteiger partial charge >= 0.3 is 6.09 Å². The van der Waals surface area contributed by atoms with Crippen LogP contribution in [0.15, 0.2) is 54.7 Å². The monoisotopic (exact) mass is 510 g/mol. The summed E-state index contributed by atoms with van der Waals surface area (Å²) in [6, 6.07) is 14.2. The smallest absolute Gasteiger partial charge is 0.410 e. The molecule has 0 aliphatic carbocycles. The van der Waals surface area contributed by atoms with Crippen LogP contribution in [0, 0.1) is 11.7 Å². The van der Waals surface area contributed by atoms with Crippen LogP contribution in [0.5, 0.6) is 0 Å². The van der Waals surface area contributed by atoms with E-state index in [0.29, 0.717) is 36.4 Å². The number of halogens is 2. The Kier molecular flexibility index (Phi) is 8.09. The van der Waals surface area contributed by atoms with E-state index in [2.05, 4.69) is 10.3 Å². The van der Waals surface area contributed by atoms with Crippen molar-refractivity contribution in [3.63, 3.8) is 0 Å². The molecule has 0 saturated carbocycles. The Morgan fingerprint density at radius 3 is 2.64 bits per heavy atom. The summed E-state index contributed by atoms with van der Waals surface area (Å²) in [7, 11) is 0. The summed E-state index contributed by atoms with van der Waals surface area (Å²) in [6.07, 6.45) is 4.04. The van der Waals surface area contributed by atoms with Crippen LogP contribution in [0.3, 0.4) is 0 Å². The third kappa shape index (κ3) is 7.17. The minimum absolute atomic E-state index is 0.246. The molecule has 36 heavy (non-hydrogen) atoms. The number of anilines is 1. The second kappa shape index (κ2) is 11.2. The normalized spacial score (nSPS) is 14.5. The van der Waals surface area contributed by atoms with Crippen molar-refractivity contribution >= 4 is 23.5 Å². The number of carbonyl (C=O) groups is 1. The number of nitrogens with one attached hydrogen (secondary N) is 1. The summed E-state index contributed by atoms with van der Waals surface area (Å²) in [4.78, 5) is 23.4. The van der Waals surface area contributed by atoms with Gasteiger partial charge < -0.3 is 15.0 Å². The number of piperidine rings is 1. The number of likely N-dealkylation sites (tertiary alicyclic amines) is 1. The number of hydrogen-bond acceptors (Lipinski definition) is 5. The van der Waals surface area contributed by atoms with E-state index >= 15 is 0 Å². The van der Waals surface area contributed by atoms with Crippen molar-refractivity contribution in [2.45, 2.75) is 52.2 Å². The van der Waals surface area contributed by atoms with Gasteiger partial charge in [0.2, 0.25) is 0 Å². The molecule has 1 saturated heterocycles. The highest BCUT2D eigenvalue weighted by Gasteiger charge is 2.27. The van der Waals surface area contributed by atoms with Crippen molar-refractivity contribution in [1.82, 2.24) is 14.9 Å². The van der Waals surface area contributed by atoms with Gasteiger partial charge in [-0.1, -0.05) is 29.8 Å². The molecule has 4 rings (SSSR count). The maximum Gasteiger partial charge on any atom is 0.410 e. The van der Waals surface area contributed by atoms with Crippen LogP contribution in [0.2, 0.25) is 5.02 Å². The zero-order chi connectivity index (χ0) is 25.7. The molecule has 0 atom stereocenters. The van der Waals surface area contributed by atoms with Crippen LogP contribution in [-0.4, -0.2) is 39.7 Å². The Morgan fingerprint density at radius 2 is 1.92 bits per heavy atom. The second-order valence-corrected chi connectivity index (χ2v) is 10.6. The Hall–Kier alpha value is -3.19. The molecule has 0 spiro atoms. The highest BCUT2D eigenvalue weighted by Crippen LogP contribution is 2.30. The first-order chi connectivity index (χ1) is 17.2. The first-order valence-corrected chi connectivity index (χ1v) is 12.6. The molecule has 0 radical (unpaired) electrons. The van der Waals surface area contributed by atoms with E-state index in [0.717, 1.165) is 41.8 Å². The standard InChI is InChI=1S/C28H32ClFN4O2/c1-28(2,3)36-27(35)34-12-10-19(11-13-34)15-22-16-23(24(29)18-31-22)25-8-5-9-26(33-25)32-17-20-6-4-7-21(30)14-20/h4-9,14,16,18-19H,10-13,15,17H2,1-3H3,(H,32,33). The molecule has 1 fully saturated rings. The third-order valence-electron chi connectivity index (χ3n) is 6.06. The maximum atomic E-state index is 13.5. The van der Waals surface area contributed by atoms with Gasteiger partial charge in [0.05, 0.1) is 10.7 Å². The lowest BCUT2D eigenvalue weighted by molar-refractivity contribution is 0.0184. The number of amides is 1. The van der Waals surface area contributed by atoms with Gasteiger partial charge in [0.25, 0.3) is 0 Å². The predicted molar refractivity (Wildman–Crippen MR) is 140 cm³/mol. The van der Waals surface area contributed by atoms with Crippen LogP contribution in [-0.2, 0) is 17.7 Å². The van der Waals surface area contributed by atoms with E-state index in [1.807, 2.05) is 51.1 Å². The van der Waals surface area contributed by atoms with Gasteiger partial charge in [-0.15, -0.1) is 0 Å². The molecule has 0 unspecified atom stereocenters. The first kappa shape index (κ1) is 25.9. The summed E-state index contributed by atoms with van der Waals surface area (Å²) in [5.41, 5.74) is 2.86. The molecule has 0 bridgehead atoms. The first-order valence-electron chi connectivity index (χ1n) is 12.2. The van der Waals surface area contributed by atoms with E-state index in [1.54, 1.807) is 17.2 Å². The van der Waals surface area contributed by atoms with Crippen LogP contribution in [0.1, 0.15) is 44.9 Å². The summed E-state index contributed by atoms with van der Waals surface area (Å²) in [6.45, 7) is 7.47. The van der Waals surface area contributed by atoms with Gasteiger partial charge in [0.1, 0.15) is 17.2 Å². The quantitative estimate of drug-likeness (QED) is 0.398. The van der Waals surface area contributed by atoms with Crippen LogP contribution in [0.4, 0.5) is 15.0 Å². The van der Waals surface area contributed by atoms with Crippen molar-refractivity contribution in [2.24, 2.45) is 5.92 Å². The number of nitrogens with zero attached hydrogens (tertiary/aromatic N) is 3. The molecule has 3 aromatic rings. The van der Waals surface area contributed by atoms with E-state index in [9.17, 15) is 9.18 Å². The van der Waals surface area contributed by atoms with Crippen molar-refractivity contribution in [1.29, 1.82) is 0 Å². The SMILES string of the molecule is CC(C)(C)OC(=O)N1CCC(Cc2cc(-c3cccc(NCc4cccc(F)c4)n3)c(Cl)cn2)CC1. The average Bonchev–Trinajstić information content (AvgIpc) is 2.83. The molecule has 3 heterocycles. The molecule has 2 aromatic heterocycles. The molecule has 190 valence electrons. The van der Waals surface area contributed by atoms with Crippen LogP contribution < -0.4 is 5.32 Å². The number of rotatable bonds is 6. The van der Waals surface area contributed by atoms with E-state index in [-0.39, 0.29) is 11.9 Å². The van der Waals surface area contributed by atoms with Crippen molar-refractivity contribution in [3.05, 3.63) is 76.8 Å². The van der Waals surface area contributed by atoms with Gasteiger partial charge in [0.15, 0.2) is 0 Å². The van der Waals surface area contributed by atoms with Gasteiger partial charge in [-0.25, -0.2) is 14.2 Å². The fourth-order valence-corrected chi connectivity index (χ4v) is 4.45. The molecule has 1 aliphatic heterocycles. The van der Waals surface area contributed by atoms with Crippen molar-refractivity contribution < 1.29 is 13.9 Å². The number of aromatic nitrogens is 2.